The first-order valence-corrected chi connectivity index (χ1v) is 7.38. The van der Waals surface area contributed by atoms with Crippen LogP contribution in [-0.2, 0) is 16.1 Å². The molecular formula is C16H12ClN3O4. The second kappa shape index (κ2) is 6.29. The zero-order valence-electron chi connectivity index (χ0n) is 12.4. The fraction of sp³-hybridized carbons (Fsp3) is 0.125. The van der Waals surface area contributed by atoms with E-state index >= 15 is 0 Å². The summed E-state index contributed by atoms with van der Waals surface area (Å²) in [5, 5.41) is 0.590. The zero-order valence-corrected chi connectivity index (χ0v) is 13.2. The van der Waals surface area contributed by atoms with Gasteiger partial charge in [0, 0.05) is 17.1 Å². The molecule has 24 heavy (non-hydrogen) atoms. The van der Waals surface area contributed by atoms with E-state index < -0.39 is 17.8 Å². The first kappa shape index (κ1) is 15.9. The number of rotatable bonds is 5. The number of carbonyl (C=O) groups is 3. The van der Waals surface area contributed by atoms with Crippen molar-refractivity contribution in [3.63, 3.8) is 0 Å². The Morgan fingerprint density at radius 3 is 2.46 bits per heavy atom. The summed E-state index contributed by atoms with van der Waals surface area (Å²) in [5.41, 5.74) is 0.751. The van der Waals surface area contributed by atoms with Gasteiger partial charge in [0.05, 0.1) is 6.20 Å². The van der Waals surface area contributed by atoms with Gasteiger partial charge >= 0.3 is 17.8 Å². The van der Waals surface area contributed by atoms with Crippen LogP contribution in [0.4, 0.5) is 4.79 Å². The van der Waals surface area contributed by atoms with E-state index in [1.807, 2.05) is 0 Å². The molecule has 0 N–H and O–H groups in total. The summed E-state index contributed by atoms with van der Waals surface area (Å²) in [7, 11) is 0. The standard InChI is InChI=1S/C16H12ClN3O4/c1-2-7-19-14(21)15(22)20(16(19)23)9-13-18-8-12(24-13)10-3-5-11(17)6-4-10/h2-6,8H,1,7,9H2. The third kappa shape index (κ3) is 2.81. The Kier molecular flexibility index (Phi) is 4.18. The van der Waals surface area contributed by atoms with Gasteiger partial charge in [0.2, 0.25) is 5.89 Å². The summed E-state index contributed by atoms with van der Waals surface area (Å²) in [4.78, 5) is 41.5. The highest BCUT2D eigenvalue weighted by molar-refractivity contribution is 6.44. The summed E-state index contributed by atoms with van der Waals surface area (Å²) >= 11 is 5.83. The smallest absolute Gasteiger partial charge is 0.335 e. The normalized spacial score (nSPS) is 14.6. The second-order valence-corrected chi connectivity index (χ2v) is 5.44. The van der Waals surface area contributed by atoms with Crippen LogP contribution >= 0.6 is 11.6 Å². The monoisotopic (exact) mass is 345 g/mol. The number of hydrogen-bond acceptors (Lipinski definition) is 5. The lowest BCUT2D eigenvalue weighted by atomic mass is 10.2. The molecule has 0 atom stereocenters. The van der Waals surface area contributed by atoms with E-state index in [1.54, 1.807) is 24.3 Å². The summed E-state index contributed by atoms with van der Waals surface area (Å²) in [5.74, 6) is -1.18. The van der Waals surface area contributed by atoms with E-state index in [0.29, 0.717) is 10.8 Å². The largest absolute Gasteiger partial charge is 0.439 e. The maximum atomic E-state index is 12.1. The molecule has 2 aromatic rings. The van der Waals surface area contributed by atoms with E-state index in [9.17, 15) is 14.4 Å². The van der Waals surface area contributed by atoms with Gasteiger partial charge in [-0.3, -0.25) is 14.5 Å². The van der Waals surface area contributed by atoms with Gasteiger partial charge in [-0.05, 0) is 24.3 Å². The third-order valence-corrected chi connectivity index (χ3v) is 3.67. The maximum absolute atomic E-state index is 12.1. The van der Waals surface area contributed by atoms with Crippen LogP contribution in [0, 0.1) is 0 Å². The van der Waals surface area contributed by atoms with Crippen molar-refractivity contribution < 1.29 is 18.8 Å². The van der Waals surface area contributed by atoms with Gasteiger partial charge in [0.1, 0.15) is 6.54 Å². The average Bonchev–Trinajstić information content (AvgIpc) is 3.11. The number of benzene rings is 1. The first-order chi connectivity index (χ1) is 11.5. The van der Waals surface area contributed by atoms with Crippen LogP contribution in [0.3, 0.4) is 0 Å². The molecule has 1 saturated heterocycles. The third-order valence-electron chi connectivity index (χ3n) is 3.42. The number of hydrogen-bond donors (Lipinski definition) is 0. The molecule has 1 aromatic heterocycles. The van der Waals surface area contributed by atoms with E-state index in [-0.39, 0.29) is 19.0 Å². The highest BCUT2D eigenvalue weighted by Crippen LogP contribution is 2.23. The van der Waals surface area contributed by atoms with Gasteiger partial charge < -0.3 is 4.42 Å². The Labute approximate surface area is 142 Å². The van der Waals surface area contributed by atoms with Crippen molar-refractivity contribution in [3.8, 4) is 11.3 Å². The van der Waals surface area contributed by atoms with Crippen molar-refractivity contribution in [3.05, 3.63) is 54.0 Å². The molecule has 122 valence electrons. The molecule has 4 amide bonds. The van der Waals surface area contributed by atoms with Crippen molar-refractivity contribution >= 4 is 29.4 Å². The minimum absolute atomic E-state index is 0.0263. The van der Waals surface area contributed by atoms with Gasteiger partial charge in [-0.15, -0.1) is 6.58 Å². The van der Waals surface area contributed by atoms with E-state index in [0.717, 1.165) is 15.4 Å². The van der Waals surface area contributed by atoms with Gasteiger partial charge in [-0.25, -0.2) is 14.7 Å². The van der Waals surface area contributed by atoms with Crippen molar-refractivity contribution in [1.29, 1.82) is 0 Å². The summed E-state index contributed by atoms with van der Waals surface area (Å²) < 4.78 is 5.55. The summed E-state index contributed by atoms with van der Waals surface area (Å²) in [6.45, 7) is 3.21. The predicted octanol–water partition coefficient (Wildman–Crippen LogP) is 2.47. The number of imide groups is 2. The highest BCUT2D eigenvalue weighted by Gasteiger charge is 2.44. The van der Waals surface area contributed by atoms with Crippen LogP contribution in [-0.4, -0.2) is 39.2 Å². The number of oxazole rings is 1. The lowest BCUT2D eigenvalue weighted by Crippen LogP contribution is -2.33. The minimum atomic E-state index is -0.909. The molecule has 7 nitrogen and oxygen atoms in total. The first-order valence-electron chi connectivity index (χ1n) is 7.00. The Morgan fingerprint density at radius 2 is 1.79 bits per heavy atom. The molecule has 1 aliphatic rings. The molecule has 1 aromatic carbocycles. The predicted molar refractivity (Wildman–Crippen MR) is 84.8 cm³/mol. The van der Waals surface area contributed by atoms with Crippen LogP contribution in [0.15, 0.2) is 47.5 Å². The Balaban J connectivity index is 1.78. The van der Waals surface area contributed by atoms with Crippen LogP contribution in [0.25, 0.3) is 11.3 Å². The van der Waals surface area contributed by atoms with Crippen molar-refractivity contribution in [2.45, 2.75) is 6.54 Å². The Hall–Kier alpha value is -2.93. The average molecular weight is 346 g/mol. The van der Waals surface area contributed by atoms with E-state index in [2.05, 4.69) is 11.6 Å². The number of urea groups is 1. The zero-order chi connectivity index (χ0) is 17.3. The molecule has 0 aliphatic carbocycles. The molecule has 0 bridgehead atoms. The second-order valence-electron chi connectivity index (χ2n) is 5.00. The molecular weight excluding hydrogens is 334 g/mol. The number of amides is 4. The molecule has 1 fully saturated rings. The molecule has 0 spiro atoms. The summed E-state index contributed by atoms with van der Waals surface area (Å²) in [6.07, 6.45) is 2.85. The number of aromatic nitrogens is 1. The van der Waals surface area contributed by atoms with Crippen molar-refractivity contribution in [1.82, 2.24) is 14.8 Å². The molecule has 2 heterocycles. The minimum Gasteiger partial charge on any atom is -0.439 e. The van der Waals surface area contributed by atoms with Crippen LogP contribution in [0.2, 0.25) is 5.02 Å². The Morgan fingerprint density at radius 1 is 1.12 bits per heavy atom. The van der Waals surface area contributed by atoms with Gasteiger partial charge in [0.15, 0.2) is 5.76 Å². The number of carbonyl (C=O) groups excluding carboxylic acids is 3. The number of nitrogens with zero attached hydrogens (tertiary/aromatic N) is 3. The fourth-order valence-corrected chi connectivity index (χ4v) is 2.37. The van der Waals surface area contributed by atoms with E-state index in [1.165, 1.54) is 12.3 Å². The molecule has 3 rings (SSSR count). The maximum Gasteiger partial charge on any atom is 0.335 e. The molecule has 1 aliphatic heterocycles. The topological polar surface area (TPSA) is 83.7 Å². The van der Waals surface area contributed by atoms with Gasteiger partial charge in [-0.1, -0.05) is 17.7 Å². The van der Waals surface area contributed by atoms with Crippen LogP contribution in [0.5, 0.6) is 0 Å². The molecule has 0 radical (unpaired) electrons. The van der Waals surface area contributed by atoms with Crippen molar-refractivity contribution in [2.24, 2.45) is 0 Å². The van der Waals surface area contributed by atoms with E-state index in [4.69, 9.17) is 16.0 Å². The van der Waals surface area contributed by atoms with Gasteiger partial charge in [0.25, 0.3) is 0 Å². The molecule has 0 unspecified atom stereocenters. The lowest BCUT2D eigenvalue weighted by Gasteiger charge is -2.12. The van der Waals surface area contributed by atoms with Crippen molar-refractivity contribution in [2.75, 3.05) is 6.54 Å². The van der Waals surface area contributed by atoms with Crippen LogP contribution in [0.1, 0.15) is 5.89 Å². The fourth-order valence-electron chi connectivity index (χ4n) is 2.25. The summed E-state index contributed by atoms with van der Waals surface area (Å²) in [6, 6.07) is 6.22. The SMILES string of the molecule is C=CCN1C(=O)C(=O)N(Cc2ncc(-c3ccc(Cl)cc3)o2)C1=O. The molecule has 0 saturated carbocycles. The van der Waals surface area contributed by atoms with Gasteiger partial charge in [-0.2, -0.15) is 0 Å². The lowest BCUT2D eigenvalue weighted by molar-refractivity contribution is -0.143. The quantitative estimate of drug-likeness (QED) is 0.472. The molecule has 8 heteroatoms. The highest BCUT2D eigenvalue weighted by atomic mass is 35.5. The Bertz CT molecular complexity index is 828. The number of halogens is 1. The van der Waals surface area contributed by atoms with Crippen LogP contribution < -0.4 is 0 Å².